The van der Waals surface area contributed by atoms with Gasteiger partial charge in [0.15, 0.2) is 0 Å². The molecule has 0 N–H and O–H groups in total. The van der Waals surface area contributed by atoms with Gasteiger partial charge in [0.2, 0.25) is 0 Å². The van der Waals surface area contributed by atoms with Crippen molar-refractivity contribution < 1.29 is 0 Å². The van der Waals surface area contributed by atoms with E-state index in [1.807, 2.05) is 0 Å². The highest BCUT2D eigenvalue weighted by Gasteiger charge is 2.27. The van der Waals surface area contributed by atoms with E-state index >= 15 is 0 Å². The van der Waals surface area contributed by atoms with Gasteiger partial charge in [0, 0.05) is 24.7 Å². The Morgan fingerprint density at radius 3 is 2.53 bits per heavy atom. The van der Waals surface area contributed by atoms with Crippen molar-refractivity contribution in [1.29, 1.82) is 0 Å². The lowest BCUT2D eigenvalue weighted by Crippen LogP contribution is -2.45. The fourth-order valence-electron chi connectivity index (χ4n) is 3.38. The molecular formula is C17H24N2. The predicted molar refractivity (Wildman–Crippen MR) is 80.6 cm³/mol. The topological polar surface area (TPSA) is 15.6 Å². The Kier molecular flexibility index (Phi) is 3.86. The predicted octanol–water partition coefficient (Wildman–Crippen LogP) is 3.72. The molecule has 3 rings (SSSR count). The highest BCUT2D eigenvalue weighted by molar-refractivity contribution is 5.99. The highest BCUT2D eigenvalue weighted by Crippen LogP contribution is 2.29. The van der Waals surface area contributed by atoms with E-state index in [0.717, 1.165) is 18.5 Å². The quantitative estimate of drug-likeness (QED) is 0.787. The molecule has 2 aliphatic rings. The molecule has 2 heteroatoms. The van der Waals surface area contributed by atoms with Crippen LogP contribution in [0.4, 0.5) is 0 Å². The van der Waals surface area contributed by atoms with Crippen molar-refractivity contribution in [1.82, 2.24) is 4.90 Å². The van der Waals surface area contributed by atoms with Gasteiger partial charge in [-0.15, -0.1) is 0 Å². The maximum atomic E-state index is 4.82. The van der Waals surface area contributed by atoms with Crippen molar-refractivity contribution in [2.45, 2.75) is 45.1 Å². The van der Waals surface area contributed by atoms with Crippen LogP contribution in [0.1, 0.15) is 44.6 Å². The summed E-state index contributed by atoms with van der Waals surface area (Å²) in [5.41, 5.74) is 1.29. The maximum absolute atomic E-state index is 4.82. The molecule has 0 bridgehead atoms. The number of aliphatic imine (C=N–C) groups is 1. The van der Waals surface area contributed by atoms with E-state index < -0.39 is 0 Å². The third-order valence-electron chi connectivity index (χ3n) is 4.55. The zero-order chi connectivity index (χ0) is 13.1. The van der Waals surface area contributed by atoms with Crippen molar-refractivity contribution in [2.75, 3.05) is 13.1 Å². The average molecular weight is 256 g/mol. The van der Waals surface area contributed by atoms with E-state index in [4.69, 9.17) is 4.99 Å². The van der Waals surface area contributed by atoms with Crippen LogP contribution in [0.5, 0.6) is 0 Å². The summed E-state index contributed by atoms with van der Waals surface area (Å²) in [5.74, 6) is 2.16. The van der Waals surface area contributed by atoms with E-state index in [2.05, 4.69) is 42.2 Å². The summed E-state index contributed by atoms with van der Waals surface area (Å²) in [5, 5.41) is 0. The van der Waals surface area contributed by atoms with Crippen LogP contribution >= 0.6 is 0 Å². The second-order valence-electron chi connectivity index (χ2n) is 6.03. The Morgan fingerprint density at radius 2 is 1.79 bits per heavy atom. The van der Waals surface area contributed by atoms with Gasteiger partial charge in [0.1, 0.15) is 5.84 Å². The van der Waals surface area contributed by atoms with Gasteiger partial charge in [-0.1, -0.05) is 37.3 Å². The molecule has 19 heavy (non-hydrogen) atoms. The summed E-state index contributed by atoms with van der Waals surface area (Å²) in [7, 11) is 0. The molecule has 1 aliphatic heterocycles. The summed E-state index contributed by atoms with van der Waals surface area (Å²) in [6.45, 7) is 4.56. The van der Waals surface area contributed by atoms with Crippen LogP contribution in [0.15, 0.2) is 35.3 Å². The minimum Gasteiger partial charge on any atom is -0.353 e. The molecule has 1 aliphatic carbocycles. The molecule has 1 saturated carbocycles. The fraction of sp³-hybridized carbons (Fsp3) is 0.588. The van der Waals surface area contributed by atoms with Gasteiger partial charge >= 0.3 is 0 Å². The van der Waals surface area contributed by atoms with Crippen LogP contribution < -0.4 is 0 Å². The lowest BCUT2D eigenvalue weighted by atomic mass is 9.86. The normalized spacial score (nSPS) is 28.1. The van der Waals surface area contributed by atoms with Crippen LogP contribution in [0.3, 0.4) is 0 Å². The van der Waals surface area contributed by atoms with Gasteiger partial charge in [-0.25, -0.2) is 0 Å². The first-order valence-corrected chi connectivity index (χ1v) is 7.71. The number of hydrogen-bond acceptors (Lipinski definition) is 2. The maximum Gasteiger partial charge on any atom is 0.131 e. The Bertz CT molecular complexity index is 430. The Morgan fingerprint density at radius 1 is 1.05 bits per heavy atom. The minimum absolute atomic E-state index is 0.718. The molecule has 1 fully saturated rings. The molecule has 0 saturated heterocycles. The highest BCUT2D eigenvalue weighted by atomic mass is 15.2. The second-order valence-corrected chi connectivity index (χ2v) is 6.03. The van der Waals surface area contributed by atoms with Gasteiger partial charge in [-0.3, -0.25) is 4.99 Å². The molecule has 0 aromatic heterocycles. The van der Waals surface area contributed by atoms with Crippen LogP contribution in [-0.4, -0.2) is 29.9 Å². The molecular weight excluding hydrogens is 232 g/mol. The number of amidine groups is 1. The molecule has 1 heterocycles. The second kappa shape index (κ2) is 5.77. The monoisotopic (exact) mass is 256 g/mol. The summed E-state index contributed by atoms with van der Waals surface area (Å²) in [6.07, 6.45) is 6.65. The van der Waals surface area contributed by atoms with Crippen LogP contribution in [0.25, 0.3) is 0 Å². The summed E-state index contributed by atoms with van der Waals surface area (Å²) in [4.78, 5) is 7.41. The van der Waals surface area contributed by atoms with Crippen molar-refractivity contribution in [2.24, 2.45) is 10.9 Å². The molecule has 2 nitrogen and oxygen atoms in total. The summed E-state index contributed by atoms with van der Waals surface area (Å²) >= 11 is 0. The lowest BCUT2D eigenvalue weighted by molar-refractivity contribution is 0.207. The van der Waals surface area contributed by atoms with E-state index in [9.17, 15) is 0 Å². The molecule has 0 amide bonds. The SMILES string of the molecule is CC1CCC(N2CCCN=C2c2ccccc2)CC1. The largest absolute Gasteiger partial charge is 0.353 e. The van der Waals surface area contributed by atoms with Gasteiger partial charge in [0.25, 0.3) is 0 Å². The van der Waals surface area contributed by atoms with Crippen LogP contribution in [0.2, 0.25) is 0 Å². The third kappa shape index (κ3) is 2.83. The van der Waals surface area contributed by atoms with Crippen molar-refractivity contribution in [3.05, 3.63) is 35.9 Å². The smallest absolute Gasteiger partial charge is 0.131 e. The zero-order valence-corrected chi connectivity index (χ0v) is 11.9. The van der Waals surface area contributed by atoms with E-state index in [1.54, 1.807) is 0 Å². The van der Waals surface area contributed by atoms with Gasteiger partial charge in [-0.2, -0.15) is 0 Å². The van der Waals surface area contributed by atoms with Gasteiger partial charge in [-0.05, 0) is 38.0 Å². The number of hydrogen-bond donors (Lipinski definition) is 0. The van der Waals surface area contributed by atoms with Crippen LogP contribution in [0, 0.1) is 5.92 Å². The number of benzene rings is 1. The molecule has 0 spiro atoms. The van der Waals surface area contributed by atoms with Crippen molar-refractivity contribution in [3.63, 3.8) is 0 Å². The van der Waals surface area contributed by atoms with E-state index in [0.29, 0.717) is 0 Å². The summed E-state index contributed by atoms with van der Waals surface area (Å²) < 4.78 is 0. The Labute approximate surface area is 116 Å². The summed E-state index contributed by atoms with van der Waals surface area (Å²) in [6, 6.07) is 11.4. The molecule has 1 aromatic rings. The van der Waals surface area contributed by atoms with E-state index in [1.165, 1.54) is 50.0 Å². The zero-order valence-electron chi connectivity index (χ0n) is 11.9. The molecule has 0 unspecified atom stereocenters. The van der Waals surface area contributed by atoms with E-state index in [-0.39, 0.29) is 0 Å². The number of nitrogens with zero attached hydrogens (tertiary/aromatic N) is 2. The first kappa shape index (κ1) is 12.7. The number of rotatable bonds is 2. The Hall–Kier alpha value is -1.31. The van der Waals surface area contributed by atoms with Gasteiger partial charge < -0.3 is 4.90 Å². The lowest BCUT2D eigenvalue weighted by Gasteiger charge is -2.40. The first-order valence-electron chi connectivity index (χ1n) is 7.71. The first-order chi connectivity index (χ1) is 9.34. The average Bonchev–Trinajstić information content (AvgIpc) is 2.49. The van der Waals surface area contributed by atoms with Crippen LogP contribution in [-0.2, 0) is 0 Å². The van der Waals surface area contributed by atoms with Gasteiger partial charge in [0.05, 0.1) is 0 Å². The van der Waals surface area contributed by atoms with Crippen molar-refractivity contribution in [3.8, 4) is 0 Å². The molecule has 0 radical (unpaired) electrons. The molecule has 102 valence electrons. The molecule has 1 aromatic carbocycles. The third-order valence-corrected chi connectivity index (χ3v) is 4.55. The van der Waals surface area contributed by atoms with Crippen molar-refractivity contribution >= 4 is 5.84 Å². The Balaban J connectivity index is 1.79. The minimum atomic E-state index is 0.718. The fourth-order valence-corrected chi connectivity index (χ4v) is 3.38. The standard InChI is InChI=1S/C17H24N2/c1-14-8-10-16(11-9-14)19-13-5-12-18-17(19)15-6-3-2-4-7-15/h2-4,6-7,14,16H,5,8-13H2,1H3. The molecule has 0 atom stereocenters.